The average Bonchev–Trinajstić information content (AvgIpc) is 2.72. The zero-order valence-corrected chi connectivity index (χ0v) is 16.3. The van der Waals surface area contributed by atoms with E-state index in [4.69, 9.17) is 4.74 Å². The Labute approximate surface area is 174 Å². The number of morpholine rings is 1. The number of hydrogen-bond donors (Lipinski definition) is 0. The Morgan fingerprint density at radius 1 is 0.903 bits per heavy atom. The maximum atomic E-state index is 13.1. The van der Waals surface area contributed by atoms with E-state index in [-0.39, 0.29) is 23.2 Å². The number of rotatable bonds is 5. The summed E-state index contributed by atoms with van der Waals surface area (Å²) in [5, 5.41) is 0. The molecule has 0 N–H and O–H groups in total. The number of alkyl halides is 6. The van der Waals surface area contributed by atoms with Crippen LogP contribution in [-0.2, 0) is 28.3 Å². The third-order valence-electron chi connectivity index (χ3n) is 4.77. The van der Waals surface area contributed by atoms with Crippen LogP contribution in [0.3, 0.4) is 0 Å². The lowest BCUT2D eigenvalue weighted by molar-refractivity contribution is -0.138. The fourth-order valence-corrected chi connectivity index (χ4v) is 3.28. The van der Waals surface area contributed by atoms with Gasteiger partial charge in [0.1, 0.15) is 0 Å². The maximum absolute atomic E-state index is 13.1. The number of carbonyl (C=O) groups excluding carboxylic acids is 1. The number of carbonyl (C=O) groups is 1. The van der Waals surface area contributed by atoms with Gasteiger partial charge >= 0.3 is 12.4 Å². The molecule has 0 saturated carbocycles. The van der Waals surface area contributed by atoms with Crippen LogP contribution in [0.4, 0.5) is 26.3 Å². The highest BCUT2D eigenvalue weighted by atomic mass is 19.4. The second-order valence-corrected chi connectivity index (χ2v) is 7.05. The highest BCUT2D eigenvalue weighted by molar-refractivity contribution is 5.97. The van der Waals surface area contributed by atoms with Gasteiger partial charge in [-0.25, -0.2) is 0 Å². The summed E-state index contributed by atoms with van der Waals surface area (Å²) in [5.74, 6) is -0.516. The van der Waals surface area contributed by atoms with Gasteiger partial charge in [0.05, 0.1) is 24.3 Å². The molecule has 31 heavy (non-hydrogen) atoms. The third-order valence-corrected chi connectivity index (χ3v) is 4.77. The molecule has 1 aliphatic heterocycles. The van der Waals surface area contributed by atoms with Crippen molar-refractivity contribution < 1.29 is 35.9 Å². The molecule has 3 nitrogen and oxygen atoms in total. The van der Waals surface area contributed by atoms with Gasteiger partial charge in [0, 0.05) is 31.3 Å². The molecule has 1 fully saturated rings. The molecular formula is C22H19F6NO2. The molecule has 0 aromatic heterocycles. The van der Waals surface area contributed by atoms with Gasteiger partial charge in [-0.3, -0.25) is 4.79 Å². The SMILES string of the molecule is O=C(/C=C(\c1cccc(C(F)(F)F)c1)N1CCOCC1)Cc1cccc(C(F)(F)F)c1. The smallest absolute Gasteiger partial charge is 0.378 e. The van der Waals surface area contributed by atoms with E-state index in [1.165, 1.54) is 30.3 Å². The number of halogens is 6. The molecule has 0 amide bonds. The van der Waals surface area contributed by atoms with Crippen molar-refractivity contribution in [3.8, 4) is 0 Å². The van der Waals surface area contributed by atoms with Gasteiger partial charge in [0.15, 0.2) is 5.78 Å². The summed E-state index contributed by atoms with van der Waals surface area (Å²) < 4.78 is 83.4. The fourth-order valence-electron chi connectivity index (χ4n) is 3.28. The van der Waals surface area contributed by atoms with Gasteiger partial charge in [0.25, 0.3) is 0 Å². The molecule has 0 aliphatic carbocycles. The molecule has 1 heterocycles. The van der Waals surface area contributed by atoms with Crippen molar-refractivity contribution in [2.24, 2.45) is 0 Å². The van der Waals surface area contributed by atoms with Crippen LogP contribution in [0.2, 0.25) is 0 Å². The first kappa shape index (κ1) is 22.9. The number of hydrogen-bond acceptors (Lipinski definition) is 3. The number of ketones is 1. The summed E-state index contributed by atoms with van der Waals surface area (Å²) in [6, 6.07) is 9.03. The third kappa shape index (κ3) is 6.10. The Balaban J connectivity index is 1.92. The first-order chi connectivity index (χ1) is 14.5. The Morgan fingerprint density at radius 2 is 1.48 bits per heavy atom. The normalized spacial score (nSPS) is 15.8. The first-order valence-electron chi connectivity index (χ1n) is 9.45. The van der Waals surface area contributed by atoms with E-state index in [0.717, 1.165) is 24.3 Å². The highest BCUT2D eigenvalue weighted by Gasteiger charge is 2.32. The van der Waals surface area contributed by atoms with Crippen LogP contribution in [-0.4, -0.2) is 37.0 Å². The van der Waals surface area contributed by atoms with Crippen LogP contribution in [0, 0.1) is 0 Å². The van der Waals surface area contributed by atoms with E-state index < -0.39 is 29.3 Å². The molecule has 2 aromatic rings. The van der Waals surface area contributed by atoms with Crippen molar-refractivity contribution in [2.45, 2.75) is 18.8 Å². The summed E-state index contributed by atoms with van der Waals surface area (Å²) in [4.78, 5) is 14.4. The van der Waals surface area contributed by atoms with Crippen molar-refractivity contribution in [3.63, 3.8) is 0 Å². The van der Waals surface area contributed by atoms with E-state index in [1.54, 1.807) is 4.90 Å². The standard InChI is InChI=1S/C22H19F6NO2/c23-21(24,25)17-5-1-3-15(11-17)12-19(30)14-20(29-7-9-31-10-8-29)16-4-2-6-18(13-16)22(26,27)28/h1-6,11,13-14H,7-10,12H2/b20-14+. The maximum Gasteiger partial charge on any atom is 0.416 e. The molecule has 0 bridgehead atoms. The fraction of sp³-hybridized carbons (Fsp3) is 0.318. The van der Waals surface area contributed by atoms with E-state index >= 15 is 0 Å². The second kappa shape index (κ2) is 9.13. The van der Waals surface area contributed by atoms with E-state index in [9.17, 15) is 31.1 Å². The summed E-state index contributed by atoms with van der Waals surface area (Å²) in [7, 11) is 0. The minimum atomic E-state index is -4.55. The van der Waals surface area contributed by atoms with Gasteiger partial charge in [-0.2, -0.15) is 26.3 Å². The summed E-state index contributed by atoms with van der Waals surface area (Å²) in [5.41, 5.74) is -1.07. The minimum absolute atomic E-state index is 0.168. The number of benzene rings is 2. The molecule has 1 aliphatic rings. The van der Waals surface area contributed by atoms with E-state index in [0.29, 0.717) is 26.3 Å². The Morgan fingerprint density at radius 3 is 2.10 bits per heavy atom. The van der Waals surface area contributed by atoms with Gasteiger partial charge in [-0.05, 0) is 29.3 Å². The molecule has 3 rings (SSSR count). The van der Waals surface area contributed by atoms with Crippen LogP contribution >= 0.6 is 0 Å². The predicted octanol–water partition coefficient (Wildman–Crippen LogP) is 5.21. The Hall–Kier alpha value is -2.81. The van der Waals surface area contributed by atoms with Gasteiger partial charge in [0.2, 0.25) is 0 Å². The lowest BCUT2D eigenvalue weighted by Crippen LogP contribution is -2.35. The van der Waals surface area contributed by atoms with Gasteiger partial charge < -0.3 is 9.64 Å². The van der Waals surface area contributed by atoms with Crippen molar-refractivity contribution in [2.75, 3.05) is 26.3 Å². The van der Waals surface area contributed by atoms with E-state index in [2.05, 4.69) is 0 Å². The number of allylic oxidation sites excluding steroid dienone is 1. The van der Waals surface area contributed by atoms with Crippen molar-refractivity contribution in [1.82, 2.24) is 4.90 Å². The average molecular weight is 443 g/mol. The molecule has 9 heteroatoms. The number of nitrogens with zero attached hydrogens (tertiary/aromatic N) is 1. The van der Waals surface area contributed by atoms with Crippen molar-refractivity contribution >= 4 is 11.5 Å². The van der Waals surface area contributed by atoms with Crippen LogP contribution in [0.15, 0.2) is 54.6 Å². The van der Waals surface area contributed by atoms with Crippen LogP contribution < -0.4 is 0 Å². The van der Waals surface area contributed by atoms with Crippen molar-refractivity contribution in [1.29, 1.82) is 0 Å². The monoisotopic (exact) mass is 443 g/mol. The summed E-state index contributed by atoms with van der Waals surface area (Å²) in [6.07, 6.45) is -8.20. The molecular weight excluding hydrogens is 424 g/mol. The van der Waals surface area contributed by atoms with E-state index in [1.807, 2.05) is 0 Å². The minimum Gasteiger partial charge on any atom is -0.378 e. The topological polar surface area (TPSA) is 29.5 Å². The highest BCUT2D eigenvalue weighted by Crippen LogP contribution is 2.32. The Kier molecular flexibility index (Phi) is 6.74. The largest absolute Gasteiger partial charge is 0.416 e. The summed E-state index contributed by atoms with van der Waals surface area (Å²) in [6.45, 7) is 1.44. The lowest BCUT2D eigenvalue weighted by Gasteiger charge is -2.31. The molecule has 2 aromatic carbocycles. The van der Waals surface area contributed by atoms with Gasteiger partial charge in [-0.15, -0.1) is 0 Å². The number of ether oxygens (including phenoxy) is 1. The lowest BCUT2D eigenvalue weighted by atomic mass is 10.0. The van der Waals surface area contributed by atoms with Gasteiger partial charge in [-0.1, -0.05) is 30.3 Å². The quantitative estimate of drug-likeness (QED) is 0.470. The molecule has 0 atom stereocenters. The molecule has 0 unspecified atom stereocenters. The molecule has 0 spiro atoms. The van der Waals surface area contributed by atoms with Crippen molar-refractivity contribution in [3.05, 3.63) is 76.9 Å². The second-order valence-electron chi connectivity index (χ2n) is 7.05. The molecule has 166 valence electrons. The zero-order valence-electron chi connectivity index (χ0n) is 16.3. The zero-order chi connectivity index (χ0) is 22.6. The molecule has 1 saturated heterocycles. The van der Waals surface area contributed by atoms with Crippen LogP contribution in [0.25, 0.3) is 5.70 Å². The molecule has 0 radical (unpaired) electrons. The predicted molar refractivity (Wildman–Crippen MR) is 102 cm³/mol. The van der Waals surface area contributed by atoms with Crippen LogP contribution in [0.5, 0.6) is 0 Å². The van der Waals surface area contributed by atoms with Crippen LogP contribution in [0.1, 0.15) is 22.3 Å². The summed E-state index contributed by atoms with van der Waals surface area (Å²) >= 11 is 0. The Bertz CT molecular complexity index is 959. The first-order valence-corrected chi connectivity index (χ1v) is 9.45.